The van der Waals surface area contributed by atoms with Crippen molar-refractivity contribution in [2.24, 2.45) is 0 Å². The van der Waals surface area contributed by atoms with Crippen LogP contribution in [0.5, 0.6) is 0 Å². The number of benzene rings is 1. The van der Waals surface area contributed by atoms with Crippen LogP contribution >= 0.6 is 11.6 Å². The second-order valence-corrected chi connectivity index (χ2v) is 4.85. The highest BCUT2D eigenvalue weighted by Crippen LogP contribution is 2.28. The quantitative estimate of drug-likeness (QED) is 0.646. The van der Waals surface area contributed by atoms with Gasteiger partial charge < -0.3 is 15.2 Å². The van der Waals surface area contributed by atoms with E-state index in [-0.39, 0.29) is 22.8 Å². The molecule has 0 saturated carbocycles. The Morgan fingerprint density at radius 2 is 2.05 bits per heavy atom. The summed E-state index contributed by atoms with van der Waals surface area (Å²) < 4.78 is 5.10. The number of nitrogens with one attached hydrogen (secondary N) is 1. The zero-order chi connectivity index (χ0) is 15.6. The van der Waals surface area contributed by atoms with Crippen LogP contribution in [0.3, 0.4) is 0 Å². The molecule has 1 heterocycles. The highest BCUT2D eigenvalue weighted by atomic mass is 35.5. The van der Waals surface area contributed by atoms with Crippen LogP contribution in [0.15, 0.2) is 18.2 Å². The summed E-state index contributed by atoms with van der Waals surface area (Å²) in [6.07, 6.45) is -1.29. The lowest BCUT2D eigenvalue weighted by Gasteiger charge is -2.12. The van der Waals surface area contributed by atoms with E-state index in [1.807, 2.05) is 0 Å². The van der Waals surface area contributed by atoms with Gasteiger partial charge in [0.1, 0.15) is 11.1 Å². The first-order valence-electron chi connectivity index (χ1n) is 6.01. The van der Waals surface area contributed by atoms with E-state index in [1.165, 1.54) is 18.2 Å². The standard InChI is InChI=1S/C12H11ClN2O6/c13-7-5-6(1-2-8(7)15(19)20)14-11(16)9-3-4-10(21-9)12(17)18/h1-2,5,9-10H,3-4H2,(H,14,16)(H,17,18)/t9-,10+/m0/s1. The molecule has 0 bridgehead atoms. The van der Waals surface area contributed by atoms with E-state index in [0.29, 0.717) is 6.42 Å². The van der Waals surface area contributed by atoms with Crippen LogP contribution in [-0.2, 0) is 14.3 Å². The first-order chi connectivity index (χ1) is 9.88. The van der Waals surface area contributed by atoms with Crippen molar-refractivity contribution in [2.75, 3.05) is 5.32 Å². The number of carboxylic acids is 1. The van der Waals surface area contributed by atoms with Gasteiger partial charge in [0.05, 0.1) is 4.92 Å². The first-order valence-corrected chi connectivity index (χ1v) is 6.39. The zero-order valence-corrected chi connectivity index (χ0v) is 11.4. The summed E-state index contributed by atoms with van der Waals surface area (Å²) in [5.41, 5.74) is 0.00991. The van der Waals surface area contributed by atoms with Crippen molar-refractivity contribution < 1.29 is 24.4 Å². The van der Waals surface area contributed by atoms with Crippen molar-refractivity contribution >= 4 is 34.9 Å². The Morgan fingerprint density at radius 3 is 2.57 bits per heavy atom. The number of carbonyl (C=O) groups excluding carboxylic acids is 1. The summed E-state index contributed by atoms with van der Waals surface area (Å²) >= 11 is 5.73. The Labute approximate surface area is 123 Å². The fourth-order valence-corrected chi connectivity index (χ4v) is 2.22. The monoisotopic (exact) mass is 314 g/mol. The molecule has 1 saturated heterocycles. The Balaban J connectivity index is 2.02. The number of hydrogen-bond acceptors (Lipinski definition) is 5. The Morgan fingerprint density at radius 1 is 1.38 bits per heavy atom. The second kappa shape index (κ2) is 6.06. The molecule has 1 aromatic rings. The number of aliphatic carboxylic acids is 1. The lowest BCUT2D eigenvalue weighted by atomic mass is 10.2. The van der Waals surface area contributed by atoms with Crippen molar-refractivity contribution in [1.82, 2.24) is 0 Å². The summed E-state index contributed by atoms with van der Waals surface area (Å²) in [6, 6.07) is 3.76. The van der Waals surface area contributed by atoms with E-state index >= 15 is 0 Å². The lowest BCUT2D eigenvalue weighted by molar-refractivity contribution is -0.384. The first kappa shape index (κ1) is 15.2. The number of carbonyl (C=O) groups is 2. The third kappa shape index (κ3) is 3.47. The Hall–Kier alpha value is -2.19. The molecular formula is C12H11ClN2O6. The fourth-order valence-electron chi connectivity index (χ4n) is 1.97. The van der Waals surface area contributed by atoms with Gasteiger partial charge in [-0.05, 0) is 25.0 Å². The molecular weight excluding hydrogens is 304 g/mol. The molecule has 2 N–H and O–H groups in total. The molecule has 0 radical (unpaired) electrons. The van der Waals surface area contributed by atoms with Crippen LogP contribution in [0.2, 0.25) is 5.02 Å². The molecule has 1 aliphatic rings. The van der Waals surface area contributed by atoms with Crippen molar-refractivity contribution in [2.45, 2.75) is 25.0 Å². The lowest BCUT2D eigenvalue weighted by Crippen LogP contribution is -2.29. The molecule has 2 rings (SSSR count). The second-order valence-electron chi connectivity index (χ2n) is 4.44. The van der Waals surface area contributed by atoms with Crippen molar-refractivity contribution in [1.29, 1.82) is 0 Å². The molecule has 21 heavy (non-hydrogen) atoms. The van der Waals surface area contributed by atoms with Gasteiger partial charge in [0.15, 0.2) is 6.10 Å². The molecule has 1 amide bonds. The number of nitro benzene ring substituents is 1. The van der Waals surface area contributed by atoms with E-state index < -0.39 is 29.0 Å². The smallest absolute Gasteiger partial charge is 0.332 e. The number of amides is 1. The van der Waals surface area contributed by atoms with E-state index in [0.717, 1.165) is 0 Å². The molecule has 1 aliphatic heterocycles. The van der Waals surface area contributed by atoms with Gasteiger partial charge in [0.25, 0.3) is 11.6 Å². The minimum absolute atomic E-state index is 0.103. The largest absolute Gasteiger partial charge is 0.479 e. The molecule has 0 unspecified atom stereocenters. The van der Waals surface area contributed by atoms with Crippen molar-refractivity contribution in [3.05, 3.63) is 33.3 Å². The molecule has 1 aromatic carbocycles. The normalized spacial score (nSPS) is 21.0. The molecule has 0 aliphatic carbocycles. The van der Waals surface area contributed by atoms with Gasteiger partial charge in [-0.25, -0.2) is 4.79 Å². The maximum absolute atomic E-state index is 11.9. The van der Waals surface area contributed by atoms with Crippen LogP contribution in [0.4, 0.5) is 11.4 Å². The van der Waals surface area contributed by atoms with Crippen LogP contribution in [0.1, 0.15) is 12.8 Å². The minimum atomic E-state index is -1.11. The molecule has 0 aromatic heterocycles. The summed E-state index contributed by atoms with van der Waals surface area (Å²) in [4.78, 5) is 32.6. The molecule has 0 spiro atoms. The van der Waals surface area contributed by atoms with Crippen LogP contribution in [0, 0.1) is 10.1 Å². The Bertz CT molecular complexity index is 605. The van der Waals surface area contributed by atoms with Gasteiger partial charge in [-0.15, -0.1) is 0 Å². The van der Waals surface area contributed by atoms with Crippen LogP contribution in [0.25, 0.3) is 0 Å². The summed E-state index contributed by atoms with van der Waals surface area (Å²) in [6.45, 7) is 0. The van der Waals surface area contributed by atoms with E-state index in [1.54, 1.807) is 0 Å². The SMILES string of the molecule is O=C(Nc1ccc([N+](=O)[O-])c(Cl)c1)[C@@H]1CC[C@H](C(=O)O)O1. The number of carboxylic acid groups (broad SMARTS) is 1. The van der Waals surface area contributed by atoms with Crippen LogP contribution in [-0.4, -0.2) is 34.1 Å². The predicted molar refractivity (Wildman–Crippen MR) is 72.3 cm³/mol. The number of ether oxygens (including phenoxy) is 1. The third-order valence-corrected chi connectivity index (χ3v) is 3.30. The number of halogens is 1. The number of hydrogen-bond donors (Lipinski definition) is 2. The number of rotatable bonds is 4. The Kier molecular flexibility index (Phi) is 4.39. The van der Waals surface area contributed by atoms with Gasteiger partial charge in [-0.1, -0.05) is 11.6 Å². The molecule has 112 valence electrons. The summed E-state index contributed by atoms with van der Waals surface area (Å²) in [7, 11) is 0. The third-order valence-electron chi connectivity index (χ3n) is 3.00. The average molecular weight is 315 g/mol. The van der Waals surface area contributed by atoms with E-state index in [2.05, 4.69) is 5.32 Å². The minimum Gasteiger partial charge on any atom is -0.479 e. The van der Waals surface area contributed by atoms with Crippen LogP contribution < -0.4 is 5.32 Å². The maximum Gasteiger partial charge on any atom is 0.332 e. The van der Waals surface area contributed by atoms with Gasteiger partial charge in [-0.3, -0.25) is 14.9 Å². The van der Waals surface area contributed by atoms with E-state index in [9.17, 15) is 19.7 Å². The van der Waals surface area contributed by atoms with Gasteiger partial charge >= 0.3 is 5.97 Å². The number of nitrogens with zero attached hydrogens (tertiary/aromatic N) is 1. The zero-order valence-electron chi connectivity index (χ0n) is 10.6. The van der Waals surface area contributed by atoms with Crippen molar-refractivity contribution in [3.63, 3.8) is 0 Å². The van der Waals surface area contributed by atoms with E-state index in [4.69, 9.17) is 21.4 Å². The van der Waals surface area contributed by atoms with Gasteiger partial charge in [-0.2, -0.15) is 0 Å². The number of anilines is 1. The number of nitro groups is 1. The molecule has 1 fully saturated rings. The molecule has 8 nitrogen and oxygen atoms in total. The van der Waals surface area contributed by atoms with Gasteiger partial charge in [0, 0.05) is 11.8 Å². The van der Waals surface area contributed by atoms with Gasteiger partial charge in [0.2, 0.25) is 0 Å². The fraction of sp³-hybridized carbons (Fsp3) is 0.333. The average Bonchev–Trinajstić information content (AvgIpc) is 2.88. The topological polar surface area (TPSA) is 119 Å². The maximum atomic E-state index is 11.9. The molecule has 9 heteroatoms. The predicted octanol–water partition coefficient (Wildman–Crippen LogP) is 1.82. The highest BCUT2D eigenvalue weighted by Gasteiger charge is 2.34. The van der Waals surface area contributed by atoms with Crippen molar-refractivity contribution in [3.8, 4) is 0 Å². The summed E-state index contributed by atoms with van der Waals surface area (Å²) in [5, 5.41) is 21.8. The summed E-state index contributed by atoms with van der Waals surface area (Å²) in [5.74, 6) is -1.62. The highest BCUT2D eigenvalue weighted by molar-refractivity contribution is 6.33. The molecule has 2 atom stereocenters.